The summed E-state index contributed by atoms with van der Waals surface area (Å²) in [6, 6.07) is 15.8. The number of aliphatic imine (C=N–C) groups is 1. The van der Waals surface area contributed by atoms with E-state index in [1.54, 1.807) is 35.4 Å². The molecule has 4 rings (SSSR count). The molecule has 2 heterocycles. The van der Waals surface area contributed by atoms with E-state index in [4.69, 9.17) is 11.6 Å². The number of allylic oxidation sites excluding steroid dienone is 1. The van der Waals surface area contributed by atoms with Crippen molar-refractivity contribution in [3.05, 3.63) is 87.6 Å². The maximum absolute atomic E-state index is 13.3. The molecule has 0 saturated heterocycles. The highest BCUT2D eigenvalue weighted by Crippen LogP contribution is 2.46. The molecule has 0 bridgehead atoms. The van der Waals surface area contributed by atoms with Crippen LogP contribution in [-0.4, -0.2) is 27.1 Å². The Morgan fingerprint density at radius 1 is 1.17 bits per heavy atom. The van der Waals surface area contributed by atoms with Crippen LogP contribution in [0, 0.1) is 0 Å². The van der Waals surface area contributed by atoms with Crippen LogP contribution in [-0.2, 0) is 9.59 Å². The summed E-state index contributed by atoms with van der Waals surface area (Å²) in [6.07, 6.45) is -0.181. The third-order valence-corrected chi connectivity index (χ3v) is 6.04. The average Bonchev–Trinajstić information content (AvgIpc) is 3.09. The number of nitrogens with zero attached hydrogens (tertiary/aromatic N) is 2. The van der Waals surface area contributed by atoms with Gasteiger partial charge in [0, 0.05) is 16.4 Å². The second kappa shape index (κ2) is 8.38. The van der Waals surface area contributed by atoms with Gasteiger partial charge < -0.3 is 15.3 Å². The molecule has 2 aliphatic heterocycles. The molecule has 2 aromatic carbocycles. The van der Waals surface area contributed by atoms with Crippen molar-refractivity contribution in [1.29, 1.82) is 0 Å². The van der Waals surface area contributed by atoms with E-state index in [-0.39, 0.29) is 12.3 Å². The fraction of sp³-hybridized carbons (Fsp3) is 0.136. The first kappa shape index (κ1) is 20.3. The average molecular weight is 440 g/mol. The molecule has 8 heteroatoms. The topological polar surface area (TPSA) is 82.0 Å². The van der Waals surface area contributed by atoms with Crippen LogP contribution >= 0.6 is 23.4 Å². The normalized spacial score (nSPS) is 17.9. The van der Waals surface area contributed by atoms with Crippen LogP contribution in [0.4, 0.5) is 5.69 Å². The molecule has 1 amide bonds. The number of fused-ring (bicyclic) bond motifs is 1. The Kier molecular flexibility index (Phi) is 5.65. The summed E-state index contributed by atoms with van der Waals surface area (Å²) in [5, 5.41) is 15.2. The van der Waals surface area contributed by atoms with E-state index in [1.807, 2.05) is 36.4 Å². The number of benzene rings is 2. The van der Waals surface area contributed by atoms with E-state index in [1.165, 1.54) is 11.8 Å². The maximum Gasteiger partial charge on any atom is 0.309 e. The van der Waals surface area contributed by atoms with Gasteiger partial charge in [-0.2, -0.15) is 0 Å². The molecule has 1 atom stereocenters. The molecule has 30 heavy (non-hydrogen) atoms. The van der Waals surface area contributed by atoms with Gasteiger partial charge in [0.25, 0.3) is 5.91 Å². The molecule has 152 valence electrons. The lowest BCUT2D eigenvalue weighted by Gasteiger charge is -2.36. The number of aliphatic carboxylic acids is 1. The third kappa shape index (κ3) is 3.86. The van der Waals surface area contributed by atoms with E-state index >= 15 is 0 Å². The fourth-order valence-electron chi connectivity index (χ4n) is 3.53. The number of anilines is 1. The zero-order valence-corrected chi connectivity index (χ0v) is 17.6. The van der Waals surface area contributed by atoms with Crippen LogP contribution in [0.15, 0.2) is 82.0 Å². The van der Waals surface area contributed by atoms with Gasteiger partial charge in [-0.05, 0) is 36.1 Å². The van der Waals surface area contributed by atoms with Crippen LogP contribution in [0.3, 0.4) is 0 Å². The number of carbonyl (C=O) groups is 2. The molecule has 2 aromatic rings. The number of carbonyl (C=O) groups excluding carboxylic acids is 1. The van der Waals surface area contributed by atoms with Gasteiger partial charge in [0.05, 0.1) is 23.7 Å². The number of hydrogen-bond acceptors (Lipinski definition) is 5. The minimum Gasteiger partial charge on any atom is -0.481 e. The lowest BCUT2D eigenvalue weighted by Crippen LogP contribution is -2.38. The maximum atomic E-state index is 13.3. The number of hydrogen-bond donors (Lipinski definition) is 2. The fourth-order valence-corrected chi connectivity index (χ4v) is 4.73. The first-order chi connectivity index (χ1) is 14.5. The second-order valence-corrected chi connectivity index (χ2v) is 8.05. The first-order valence-electron chi connectivity index (χ1n) is 9.22. The van der Waals surface area contributed by atoms with E-state index in [2.05, 4.69) is 10.3 Å². The second-order valence-electron chi connectivity index (χ2n) is 6.81. The predicted octanol–water partition coefficient (Wildman–Crippen LogP) is 5.03. The molecule has 0 aromatic heterocycles. The molecule has 1 unspecified atom stereocenters. The molecule has 2 N–H and O–H groups in total. The van der Waals surface area contributed by atoms with Crippen molar-refractivity contribution in [2.75, 3.05) is 5.32 Å². The molecular formula is C22H18ClN3O3S. The standard InChI is InChI=1S/C22H18ClN3O3S/c1-13-19(21(29)25-14-7-3-2-4-8-14)20(16-9-5-6-10-17(16)23)26-15(11-18(27)28)12-30-22(26)24-13/h2-10,12,20H,11H2,1H3,(H,25,29)(H,27,28). The minimum atomic E-state index is -0.956. The minimum absolute atomic E-state index is 0.181. The summed E-state index contributed by atoms with van der Waals surface area (Å²) in [4.78, 5) is 31.2. The van der Waals surface area contributed by atoms with Crippen LogP contribution < -0.4 is 5.32 Å². The Hall–Kier alpha value is -3.03. The number of amidine groups is 1. The molecule has 2 aliphatic rings. The monoisotopic (exact) mass is 439 g/mol. The molecular weight excluding hydrogens is 422 g/mol. The van der Waals surface area contributed by atoms with Crippen molar-refractivity contribution in [2.24, 2.45) is 4.99 Å². The molecule has 0 fully saturated rings. The Bertz CT molecular complexity index is 1110. The summed E-state index contributed by atoms with van der Waals surface area (Å²) in [5.41, 5.74) is 2.93. The highest BCUT2D eigenvalue weighted by atomic mass is 35.5. The number of rotatable bonds is 5. The molecule has 6 nitrogen and oxygen atoms in total. The number of nitrogens with one attached hydrogen (secondary N) is 1. The Morgan fingerprint density at radius 2 is 1.87 bits per heavy atom. The smallest absolute Gasteiger partial charge is 0.309 e. The van der Waals surface area contributed by atoms with Crippen LogP contribution in [0.1, 0.15) is 24.9 Å². The molecule has 0 saturated carbocycles. The van der Waals surface area contributed by atoms with Gasteiger partial charge in [-0.1, -0.05) is 59.8 Å². The van der Waals surface area contributed by atoms with Gasteiger partial charge in [-0.3, -0.25) is 9.59 Å². The van der Waals surface area contributed by atoms with E-state index in [0.29, 0.717) is 38.4 Å². The van der Waals surface area contributed by atoms with Crippen molar-refractivity contribution < 1.29 is 14.7 Å². The summed E-state index contributed by atoms with van der Waals surface area (Å²) >= 11 is 7.86. The van der Waals surface area contributed by atoms with Gasteiger partial charge >= 0.3 is 5.97 Å². The van der Waals surface area contributed by atoms with Crippen molar-refractivity contribution in [3.63, 3.8) is 0 Å². The summed E-state index contributed by atoms with van der Waals surface area (Å²) in [7, 11) is 0. The zero-order valence-electron chi connectivity index (χ0n) is 16.0. The lowest BCUT2D eigenvalue weighted by molar-refractivity contribution is -0.136. The molecule has 0 radical (unpaired) electrons. The third-order valence-electron chi connectivity index (χ3n) is 4.81. The number of para-hydroxylation sites is 1. The van der Waals surface area contributed by atoms with Crippen molar-refractivity contribution in [1.82, 2.24) is 4.90 Å². The van der Waals surface area contributed by atoms with Crippen LogP contribution in [0.2, 0.25) is 5.02 Å². The highest BCUT2D eigenvalue weighted by Gasteiger charge is 2.41. The van der Waals surface area contributed by atoms with Crippen molar-refractivity contribution in [2.45, 2.75) is 19.4 Å². The number of thioether (sulfide) groups is 1. The van der Waals surface area contributed by atoms with Crippen LogP contribution in [0.25, 0.3) is 0 Å². The molecule has 0 spiro atoms. The quantitative estimate of drug-likeness (QED) is 0.682. The SMILES string of the molecule is CC1=C(C(=O)Nc2ccccc2)C(c2ccccc2Cl)N2C(CC(=O)O)=CSC2=N1. The van der Waals surface area contributed by atoms with Crippen LogP contribution in [0.5, 0.6) is 0 Å². The number of halogens is 1. The summed E-state index contributed by atoms with van der Waals surface area (Å²) in [5.74, 6) is -1.26. The zero-order chi connectivity index (χ0) is 21.3. The van der Waals surface area contributed by atoms with Gasteiger partial charge in [-0.15, -0.1) is 0 Å². The van der Waals surface area contributed by atoms with Crippen molar-refractivity contribution >= 4 is 46.1 Å². The van der Waals surface area contributed by atoms with Gasteiger partial charge in [0.1, 0.15) is 0 Å². The predicted molar refractivity (Wildman–Crippen MR) is 119 cm³/mol. The summed E-state index contributed by atoms with van der Waals surface area (Å²) < 4.78 is 0. The molecule has 0 aliphatic carbocycles. The number of carboxylic acid groups (broad SMARTS) is 1. The Labute approximate surface area is 182 Å². The van der Waals surface area contributed by atoms with E-state index in [9.17, 15) is 14.7 Å². The Balaban J connectivity index is 1.81. The van der Waals surface area contributed by atoms with E-state index in [0.717, 1.165) is 0 Å². The number of carboxylic acids is 1. The van der Waals surface area contributed by atoms with E-state index < -0.39 is 12.0 Å². The Morgan fingerprint density at radius 3 is 2.57 bits per heavy atom. The summed E-state index contributed by atoms with van der Waals surface area (Å²) in [6.45, 7) is 1.78. The van der Waals surface area contributed by atoms with Gasteiger partial charge in [0.2, 0.25) is 0 Å². The lowest BCUT2D eigenvalue weighted by atomic mass is 9.93. The van der Waals surface area contributed by atoms with Gasteiger partial charge in [-0.25, -0.2) is 4.99 Å². The number of amides is 1. The largest absolute Gasteiger partial charge is 0.481 e. The van der Waals surface area contributed by atoms with Crippen molar-refractivity contribution in [3.8, 4) is 0 Å². The first-order valence-corrected chi connectivity index (χ1v) is 10.5. The highest BCUT2D eigenvalue weighted by molar-refractivity contribution is 8.16. The van der Waals surface area contributed by atoms with Gasteiger partial charge in [0.15, 0.2) is 5.17 Å².